The highest BCUT2D eigenvalue weighted by Crippen LogP contribution is 2.36. The molecule has 0 fully saturated rings. The number of Topliss-reactive ketones (excluding diaryl/α,β-unsaturated/α-hetero) is 2. The highest BCUT2D eigenvalue weighted by Gasteiger charge is 2.27. The second-order valence-electron chi connectivity index (χ2n) is 14.0. The van der Waals surface area contributed by atoms with Gasteiger partial charge in [0.15, 0.2) is 11.6 Å². The van der Waals surface area contributed by atoms with E-state index in [0.717, 1.165) is 13.8 Å². The molecule has 0 saturated heterocycles. The zero-order chi connectivity index (χ0) is 48.6. The number of anilines is 4. The second kappa shape index (κ2) is 23.0. The van der Waals surface area contributed by atoms with Crippen molar-refractivity contribution in [1.82, 2.24) is 0 Å². The summed E-state index contributed by atoms with van der Waals surface area (Å²) in [6, 6.07) is 13.7. The van der Waals surface area contributed by atoms with Gasteiger partial charge in [-0.15, -0.1) is 0 Å². The minimum atomic E-state index is -1.63. The van der Waals surface area contributed by atoms with Gasteiger partial charge in [-0.2, -0.15) is 20.5 Å². The van der Waals surface area contributed by atoms with Crippen LogP contribution in [-0.4, -0.2) is 47.3 Å². The molecule has 342 valence electrons. The number of ketones is 2. The van der Waals surface area contributed by atoms with Gasteiger partial charge in [0, 0.05) is 22.5 Å². The van der Waals surface area contributed by atoms with Crippen LogP contribution >= 0.6 is 92.8 Å². The topological polar surface area (TPSA) is 200 Å². The normalized spacial score (nSPS) is 12.2. The number of hydrogen-bond donors (Lipinski definition) is 4. The van der Waals surface area contributed by atoms with Crippen molar-refractivity contribution in [3.8, 4) is 0 Å². The van der Waals surface area contributed by atoms with Gasteiger partial charge in [0.1, 0.15) is 11.4 Å². The van der Waals surface area contributed by atoms with Crippen molar-refractivity contribution in [1.29, 1.82) is 0 Å². The molecule has 4 N–H and O–H groups in total. The fourth-order valence-corrected chi connectivity index (χ4v) is 7.37. The summed E-state index contributed by atoms with van der Waals surface area (Å²) in [6.07, 6.45) is 0.699. The first-order chi connectivity index (χ1) is 31.2. The van der Waals surface area contributed by atoms with E-state index in [1.54, 1.807) is 26.0 Å². The molecule has 22 heteroatoms. The van der Waals surface area contributed by atoms with Gasteiger partial charge in [0.05, 0.1) is 51.6 Å². The molecular formula is C44H34Cl8N8O6. The zero-order valence-electron chi connectivity index (χ0n) is 34.8. The third-order valence-corrected chi connectivity index (χ3v) is 12.1. The molecule has 66 heavy (non-hydrogen) atoms. The van der Waals surface area contributed by atoms with Crippen LogP contribution in [0.4, 0.5) is 34.1 Å². The van der Waals surface area contributed by atoms with Crippen molar-refractivity contribution >= 4 is 162 Å². The van der Waals surface area contributed by atoms with Gasteiger partial charge in [-0.25, -0.2) is 0 Å². The van der Waals surface area contributed by atoms with E-state index in [1.807, 2.05) is 0 Å². The summed E-state index contributed by atoms with van der Waals surface area (Å²) in [4.78, 5) is 78.9. The van der Waals surface area contributed by atoms with E-state index in [4.69, 9.17) is 92.8 Å². The monoisotopic (exact) mass is 1050 g/mol. The van der Waals surface area contributed by atoms with Gasteiger partial charge in [-0.05, 0) is 111 Å². The second-order valence-corrected chi connectivity index (χ2v) is 17.3. The van der Waals surface area contributed by atoms with Crippen LogP contribution in [0.2, 0.25) is 40.2 Å². The third-order valence-electron chi connectivity index (χ3n) is 9.37. The number of carbonyl (C=O) groups is 6. The van der Waals surface area contributed by atoms with Gasteiger partial charge in [0.2, 0.25) is 12.1 Å². The Kier molecular flexibility index (Phi) is 18.1. The third kappa shape index (κ3) is 13.0. The van der Waals surface area contributed by atoms with E-state index in [2.05, 4.69) is 41.7 Å². The van der Waals surface area contributed by atoms with Gasteiger partial charge < -0.3 is 21.3 Å². The van der Waals surface area contributed by atoms with Crippen molar-refractivity contribution in [2.24, 2.45) is 20.5 Å². The number of aryl methyl sites for hydroxylation is 2. The van der Waals surface area contributed by atoms with Crippen molar-refractivity contribution in [2.45, 2.75) is 52.6 Å². The Morgan fingerprint density at radius 3 is 1.12 bits per heavy atom. The van der Waals surface area contributed by atoms with Crippen LogP contribution in [0.3, 0.4) is 0 Å². The Morgan fingerprint density at radius 1 is 0.439 bits per heavy atom. The Hall–Kier alpha value is -5.16. The summed E-state index contributed by atoms with van der Waals surface area (Å²) in [6.45, 7) is 5.92. The van der Waals surface area contributed by atoms with Crippen LogP contribution in [0.15, 0.2) is 93.3 Å². The number of benzene rings is 5. The average molecular weight is 1050 g/mol. The molecule has 0 bridgehead atoms. The van der Waals surface area contributed by atoms with E-state index >= 15 is 0 Å². The van der Waals surface area contributed by atoms with E-state index in [0.29, 0.717) is 35.3 Å². The Labute approximate surface area is 417 Å². The maximum Gasteiger partial charge on any atom is 0.258 e. The Balaban J connectivity index is 1.31. The van der Waals surface area contributed by atoms with Crippen LogP contribution in [0.1, 0.15) is 59.5 Å². The van der Waals surface area contributed by atoms with Gasteiger partial charge in [0.25, 0.3) is 23.6 Å². The lowest BCUT2D eigenvalue weighted by molar-refractivity contribution is -0.127. The van der Waals surface area contributed by atoms with E-state index in [9.17, 15) is 28.8 Å². The van der Waals surface area contributed by atoms with E-state index in [-0.39, 0.29) is 74.1 Å². The molecule has 0 radical (unpaired) electrons. The molecular weight excluding hydrogens is 1020 g/mol. The van der Waals surface area contributed by atoms with E-state index < -0.39 is 47.3 Å². The molecule has 5 aromatic rings. The lowest BCUT2D eigenvalue weighted by Crippen LogP contribution is -2.33. The maximum atomic E-state index is 13.6. The zero-order valence-corrected chi connectivity index (χ0v) is 40.8. The summed E-state index contributed by atoms with van der Waals surface area (Å²) < 4.78 is 0. The number of azo groups is 2. The number of carbonyl (C=O) groups excluding carboxylic acids is 6. The van der Waals surface area contributed by atoms with Gasteiger partial charge >= 0.3 is 0 Å². The Bertz CT molecular complexity index is 2670. The maximum absolute atomic E-state index is 13.6. The fraction of sp³-hybridized carbons (Fsp3) is 0.182. The predicted molar refractivity (Wildman–Crippen MR) is 262 cm³/mol. The number of nitrogens with zero attached hydrogens (tertiary/aromatic N) is 4. The number of rotatable bonds is 16. The van der Waals surface area contributed by atoms with Crippen LogP contribution in [-0.2, 0) is 32.0 Å². The summed E-state index contributed by atoms with van der Waals surface area (Å²) in [5.41, 5.74) is 2.28. The first kappa shape index (κ1) is 51.8. The Morgan fingerprint density at radius 2 is 0.788 bits per heavy atom. The SMILES string of the molecule is CCc1cc(NC(=O)C(N=Nc2cc(C(=O)Nc3cc(Cl)c(Cl)cc3Cl)ccc2Cl)C(C)=O)c(CC)cc1NC(=O)C(N=Nc1cc(C(=O)Nc2cc(Cl)c(Cl)cc2Cl)ccc1Cl)C(C)=O. The highest BCUT2D eigenvalue weighted by molar-refractivity contribution is 6.45. The van der Waals surface area contributed by atoms with Crippen molar-refractivity contribution < 1.29 is 28.8 Å². The lowest BCUT2D eigenvalue weighted by Gasteiger charge is -2.18. The fourth-order valence-electron chi connectivity index (χ4n) is 5.87. The van der Waals surface area contributed by atoms with Crippen molar-refractivity contribution in [2.75, 3.05) is 21.3 Å². The molecule has 2 atom stereocenters. The largest absolute Gasteiger partial charge is 0.323 e. The molecule has 0 aliphatic heterocycles. The molecule has 0 heterocycles. The summed E-state index contributed by atoms with van der Waals surface area (Å²) in [7, 11) is 0. The standard InChI is InChI=1S/C44H34Cl8N8O6/c1-5-21-11-34(54-44(66)40(20(4)62)60-58-38-14-24(8-10-26(38)46)42(64)56-36-18-30(50)28(48)16-32(36)52)22(6-2)12-33(21)53-43(65)39(19(3)61)59-57-37-13-23(7-9-25(37)45)41(63)55-35-17-29(49)27(47)15-31(35)51/h7-18,39-40H,5-6H2,1-4H3,(H,53,65)(H,54,66)(H,55,63)(H,56,64). The number of halogens is 8. The molecule has 0 aliphatic rings. The molecule has 0 saturated carbocycles. The summed E-state index contributed by atoms with van der Waals surface area (Å²) in [5, 5.41) is 28.0. The smallest absolute Gasteiger partial charge is 0.258 e. The molecule has 5 rings (SSSR count). The van der Waals surface area contributed by atoms with Crippen LogP contribution in [0.5, 0.6) is 0 Å². The first-order valence-corrected chi connectivity index (χ1v) is 22.3. The molecule has 14 nitrogen and oxygen atoms in total. The van der Waals surface area contributed by atoms with Gasteiger partial charge in [-0.3, -0.25) is 28.8 Å². The molecule has 4 amide bonds. The van der Waals surface area contributed by atoms with Crippen LogP contribution in [0.25, 0.3) is 0 Å². The molecule has 0 aliphatic carbocycles. The molecule has 2 unspecified atom stereocenters. The van der Waals surface area contributed by atoms with Crippen LogP contribution in [0, 0.1) is 0 Å². The minimum Gasteiger partial charge on any atom is -0.323 e. The quantitative estimate of drug-likeness (QED) is 0.0430. The molecule has 5 aromatic carbocycles. The number of amides is 4. The van der Waals surface area contributed by atoms with Crippen molar-refractivity contribution in [3.05, 3.63) is 135 Å². The van der Waals surface area contributed by atoms with Crippen molar-refractivity contribution in [3.63, 3.8) is 0 Å². The van der Waals surface area contributed by atoms with Gasteiger partial charge in [-0.1, -0.05) is 107 Å². The summed E-state index contributed by atoms with van der Waals surface area (Å²) in [5.74, 6) is -4.16. The average Bonchev–Trinajstić information content (AvgIpc) is 3.25. The first-order valence-electron chi connectivity index (χ1n) is 19.3. The van der Waals surface area contributed by atoms with Crippen LogP contribution < -0.4 is 21.3 Å². The highest BCUT2D eigenvalue weighted by atomic mass is 35.5. The molecule has 0 aromatic heterocycles. The lowest BCUT2D eigenvalue weighted by atomic mass is 10.0. The summed E-state index contributed by atoms with van der Waals surface area (Å²) >= 11 is 49.2. The number of hydrogen-bond acceptors (Lipinski definition) is 10. The van der Waals surface area contributed by atoms with E-state index in [1.165, 1.54) is 60.7 Å². The molecule has 0 spiro atoms. The number of nitrogens with one attached hydrogen (secondary N) is 4. The predicted octanol–water partition coefficient (Wildman–Crippen LogP) is 13.9. The minimum absolute atomic E-state index is 0.0132.